The van der Waals surface area contributed by atoms with Crippen molar-refractivity contribution >= 4 is 17.6 Å². The molecule has 0 aliphatic carbocycles. The van der Waals surface area contributed by atoms with Gasteiger partial charge in [0.05, 0.1) is 32.0 Å². The SMILES string of the molecule is COc1ccc(/C=C/C(=O)NCc2cn3cc(C(F)(F)F)ccc3n2)cc1OC. The van der Waals surface area contributed by atoms with Crippen LogP contribution in [0, 0.1) is 0 Å². The summed E-state index contributed by atoms with van der Waals surface area (Å²) in [6.07, 6.45) is 0.935. The molecule has 1 amide bonds. The number of alkyl halides is 3. The van der Waals surface area contributed by atoms with Crippen LogP contribution in [0.25, 0.3) is 11.7 Å². The van der Waals surface area contributed by atoms with E-state index < -0.39 is 11.7 Å². The Kier molecular flexibility index (Phi) is 5.76. The molecular formula is C20H18F3N3O3. The van der Waals surface area contributed by atoms with Crippen LogP contribution in [0.3, 0.4) is 0 Å². The first-order valence-electron chi connectivity index (χ1n) is 8.53. The van der Waals surface area contributed by atoms with E-state index in [0.29, 0.717) is 22.8 Å². The number of nitrogens with one attached hydrogen (secondary N) is 1. The van der Waals surface area contributed by atoms with Gasteiger partial charge in [0.2, 0.25) is 5.91 Å². The number of carbonyl (C=O) groups excluding carboxylic acids is 1. The fourth-order valence-corrected chi connectivity index (χ4v) is 2.66. The average Bonchev–Trinajstić information content (AvgIpc) is 3.12. The van der Waals surface area contributed by atoms with Crippen LogP contribution >= 0.6 is 0 Å². The van der Waals surface area contributed by atoms with Gasteiger partial charge >= 0.3 is 6.18 Å². The summed E-state index contributed by atoms with van der Waals surface area (Å²) < 4.78 is 50.0. The number of benzene rings is 1. The largest absolute Gasteiger partial charge is 0.493 e. The molecule has 1 N–H and O–H groups in total. The molecule has 0 radical (unpaired) electrons. The number of ether oxygens (including phenoxy) is 2. The summed E-state index contributed by atoms with van der Waals surface area (Å²) >= 11 is 0. The van der Waals surface area contributed by atoms with Gasteiger partial charge in [-0.3, -0.25) is 4.79 Å². The second-order valence-electron chi connectivity index (χ2n) is 6.08. The number of aromatic nitrogens is 2. The number of carbonyl (C=O) groups is 1. The first-order valence-corrected chi connectivity index (χ1v) is 8.53. The van der Waals surface area contributed by atoms with Crippen LogP contribution in [0.1, 0.15) is 16.8 Å². The molecule has 3 rings (SSSR count). The molecular weight excluding hydrogens is 387 g/mol. The van der Waals surface area contributed by atoms with Gasteiger partial charge in [-0.05, 0) is 35.9 Å². The van der Waals surface area contributed by atoms with Crippen LogP contribution in [0.15, 0.2) is 48.8 Å². The summed E-state index contributed by atoms with van der Waals surface area (Å²) in [6, 6.07) is 7.47. The van der Waals surface area contributed by atoms with E-state index >= 15 is 0 Å². The highest BCUT2D eigenvalue weighted by Crippen LogP contribution is 2.29. The quantitative estimate of drug-likeness (QED) is 0.636. The molecule has 9 heteroatoms. The van der Waals surface area contributed by atoms with E-state index in [4.69, 9.17) is 9.47 Å². The summed E-state index contributed by atoms with van der Waals surface area (Å²) in [4.78, 5) is 16.2. The summed E-state index contributed by atoms with van der Waals surface area (Å²) in [5.74, 6) is 0.750. The van der Waals surface area contributed by atoms with Gasteiger partial charge in [-0.1, -0.05) is 6.07 Å². The van der Waals surface area contributed by atoms with Crippen molar-refractivity contribution in [2.45, 2.75) is 12.7 Å². The number of halogens is 3. The Morgan fingerprint density at radius 1 is 1.14 bits per heavy atom. The van der Waals surface area contributed by atoms with Crippen molar-refractivity contribution in [1.29, 1.82) is 0 Å². The van der Waals surface area contributed by atoms with Gasteiger partial charge in [0.15, 0.2) is 11.5 Å². The molecule has 0 aliphatic heterocycles. The average molecular weight is 405 g/mol. The van der Waals surface area contributed by atoms with E-state index in [1.54, 1.807) is 24.3 Å². The van der Waals surface area contributed by atoms with Crippen molar-refractivity contribution in [3.63, 3.8) is 0 Å². The van der Waals surface area contributed by atoms with Gasteiger partial charge < -0.3 is 19.2 Å². The van der Waals surface area contributed by atoms with Crippen molar-refractivity contribution in [3.05, 3.63) is 65.6 Å². The first kappa shape index (κ1) is 20.2. The van der Waals surface area contributed by atoms with Crippen LogP contribution in [0.4, 0.5) is 13.2 Å². The lowest BCUT2D eigenvalue weighted by molar-refractivity contribution is -0.137. The number of nitrogens with zero attached hydrogens (tertiary/aromatic N) is 2. The zero-order chi connectivity index (χ0) is 21.0. The molecule has 0 fully saturated rings. The lowest BCUT2D eigenvalue weighted by Crippen LogP contribution is -2.20. The Morgan fingerprint density at radius 2 is 1.90 bits per heavy atom. The van der Waals surface area contributed by atoms with Crippen molar-refractivity contribution < 1.29 is 27.4 Å². The maximum absolute atomic E-state index is 12.8. The van der Waals surface area contributed by atoms with Gasteiger partial charge in [0.25, 0.3) is 0 Å². The van der Waals surface area contributed by atoms with Gasteiger partial charge in [0, 0.05) is 18.5 Å². The number of amides is 1. The fraction of sp³-hybridized carbons (Fsp3) is 0.200. The molecule has 29 heavy (non-hydrogen) atoms. The van der Waals surface area contributed by atoms with Crippen LogP contribution in [0.2, 0.25) is 0 Å². The molecule has 0 bridgehead atoms. The predicted molar refractivity (Wildman–Crippen MR) is 101 cm³/mol. The zero-order valence-electron chi connectivity index (χ0n) is 15.7. The molecule has 6 nitrogen and oxygen atoms in total. The number of pyridine rings is 1. The van der Waals surface area contributed by atoms with Gasteiger partial charge in [0.1, 0.15) is 5.65 Å². The third-order valence-electron chi connectivity index (χ3n) is 4.11. The van der Waals surface area contributed by atoms with Crippen LogP contribution in [-0.2, 0) is 17.5 Å². The summed E-state index contributed by atoms with van der Waals surface area (Å²) in [5, 5.41) is 2.65. The molecule has 2 heterocycles. The van der Waals surface area contributed by atoms with Crippen molar-refractivity contribution in [3.8, 4) is 11.5 Å². The second-order valence-corrected chi connectivity index (χ2v) is 6.08. The molecule has 1 aromatic carbocycles. The first-order chi connectivity index (χ1) is 13.8. The number of hydrogen-bond donors (Lipinski definition) is 1. The molecule has 0 spiro atoms. The normalized spacial score (nSPS) is 11.8. The number of imidazole rings is 1. The van der Waals surface area contributed by atoms with E-state index in [-0.39, 0.29) is 12.5 Å². The molecule has 152 valence electrons. The standard InChI is InChI=1S/C20H18F3N3O3/c1-28-16-6-3-13(9-17(16)29-2)4-8-19(27)24-10-15-12-26-11-14(20(21,22)23)5-7-18(26)25-15/h3-9,11-12H,10H2,1-2H3,(H,24,27)/b8-4+. The maximum atomic E-state index is 12.8. The lowest BCUT2D eigenvalue weighted by atomic mass is 10.2. The van der Waals surface area contributed by atoms with Crippen LogP contribution in [0.5, 0.6) is 11.5 Å². The van der Waals surface area contributed by atoms with Gasteiger partial charge in [-0.15, -0.1) is 0 Å². The molecule has 0 unspecified atom stereocenters. The number of hydrogen-bond acceptors (Lipinski definition) is 4. The molecule has 0 atom stereocenters. The molecule has 0 saturated carbocycles. The molecule has 2 aromatic heterocycles. The van der Waals surface area contributed by atoms with E-state index in [1.165, 1.54) is 37.0 Å². The third-order valence-corrected chi connectivity index (χ3v) is 4.11. The van der Waals surface area contributed by atoms with Gasteiger partial charge in [-0.2, -0.15) is 13.2 Å². The minimum absolute atomic E-state index is 0.0815. The molecule has 0 aliphatic rings. The Hall–Kier alpha value is -3.49. The highest BCUT2D eigenvalue weighted by Gasteiger charge is 2.30. The lowest BCUT2D eigenvalue weighted by Gasteiger charge is -2.07. The highest BCUT2D eigenvalue weighted by atomic mass is 19.4. The Morgan fingerprint density at radius 3 is 2.59 bits per heavy atom. The molecule has 3 aromatic rings. The fourth-order valence-electron chi connectivity index (χ4n) is 2.66. The van der Waals surface area contributed by atoms with E-state index in [9.17, 15) is 18.0 Å². The topological polar surface area (TPSA) is 64.9 Å². The monoisotopic (exact) mass is 405 g/mol. The predicted octanol–water partition coefficient (Wildman–Crippen LogP) is 3.70. The number of rotatable bonds is 6. The molecule has 0 saturated heterocycles. The second kappa shape index (κ2) is 8.26. The van der Waals surface area contributed by atoms with Crippen molar-refractivity contribution in [2.24, 2.45) is 0 Å². The Labute approximate surface area is 164 Å². The van der Waals surface area contributed by atoms with Gasteiger partial charge in [-0.25, -0.2) is 4.98 Å². The maximum Gasteiger partial charge on any atom is 0.417 e. The number of methoxy groups -OCH3 is 2. The van der Waals surface area contributed by atoms with Crippen molar-refractivity contribution in [1.82, 2.24) is 14.7 Å². The van der Waals surface area contributed by atoms with E-state index in [0.717, 1.165) is 17.8 Å². The smallest absolute Gasteiger partial charge is 0.417 e. The van der Waals surface area contributed by atoms with Crippen LogP contribution < -0.4 is 14.8 Å². The minimum Gasteiger partial charge on any atom is -0.493 e. The summed E-state index contributed by atoms with van der Waals surface area (Å²) in [5.41, 5.74) is 0.779. The Balaban J connectivity index is 1.64. The number of fused-ring (bicyclic) bond motifs is 1. The highest BCUT2D eigenvalue weighted by molar-refractivity contribution is 5.91. The summed E-state index contributed by atoms with van der Waals surface area (Å²) in [6.45, 7) is 0.0815. The minimum atomic E-state index is -4.43. The van der Waals surface area contributed by atoms with E-state index in [1.807, 2.05) is 0 Å². The summed E-state index contributed by atoms with van der Waals surface area (Å²) in [7, 11) is 3.05. The van der Waals surface area contributed by atoms with E-state index in [2.05, 4.69) is 10.3 Å². The zero-order valence-corrected chi connectivity index (χ0v) is 15.7. The Bertz CT molecular complexity index is 1060. The van der Waals surface area contributed by atoms with Crippen LogP contribution in [-0.4, -0.2) is 29.5 Å². The van der Waals surface area contributed by atoms with Crippen molar-refractivity contribution in [2.75, 3.05) is 14.2 Å². The third kappa shape index (κ3) is 4.87.